The Morgan fingerprint density at radius 3 is 2.50 bits per heavy atom. The molecule has 1 aliphatic rings. The van der Waals surface area contributed by atoms with Gasteiger partial charge >= 0.3 is 0 Å². The summed E-state index contributed by atoms with van der Waals surface area (Å²) < 4.78 is 15.5. The van der Waals surface area contributed by atoms with E-state index in [0.29, 0.717) is 35.4 Å². The zero-order chi connectivity index (χ0) is 21.4. The zero-order valence-corrected chi connectivity index (χ0v) is 18.1. The number of aromatic nitrogens is 2. The highest BCUT2D eigenvalue weighted by Crippen LogP contribution is 2.35. The highest BCUT2D eigenvalue weighted by molar-refractivity contribution is 6.42. The van der Waals surface area contributed by atoms with Gasteiger partial charge in [-0.2, -0.15) is 0 Å². The van der Waals surface area contributed by atoms with Crippen molar-refractivity contribution in [2.24, 2.45) is 5.92 Å². The van der Waals surface area contributed by atoms with Gasteiger partial charge in [-0.25, -0.2) is 9.37 Å². The molecule has 2 heterocycles. The third kappa shape index (κ3) is 4.02. The van der Waals surface area contributed by atoms with Crippen LogP contribution in [0.3, 0.4) is 0 Å². The first kappa shape index (κ1) is 20.7. The van der Waals surface area contributed by atoms with E-state index >= 15 is 0 Å². The first-order valence-electron chi connectivity index (χ1n) is 9.69. The summed E-state index contributed by atoms with van der Waals surface area (Å²) in [6, 6.07) is 11.5. The van der Waals surface area contributed by atoms with E-state index in [-0.39, 0.29) is 17.6 Å². The van der Waals surface area contributed by atoms with Crippen molar-refractivity contribution < 1.29 is 9.18 Å². The summed E-state index contributed by atoms with van der Waals surface area (Å²) in [6.07, 6.45) is 0. The second kappa shape index (κ2) is 8.28. The lowest BCUT2D eigenvalue weighted by atomic mass is 10.1. The first-order chi connectivity index (χ1) is 14.3. The van der Waals surface area contributed by atoms with Gasteiger partial charge in [-0.1, -0.05) is 37.0 Å². The Morgan fingerprint density at radius 1 is 1.10 bits per heavy atom. The summed E-state index contributed by atoms with van der Waals surface area (Å²) in [6.45, 7) is 5.41. The molecular weight excluding hydrogens is 426 g/mol. The number of nitrogens with one attached hydrogen (secondary N) is 1. The zero-order valence-electron chi connectivity index (χ0n) is 16.6. The lowest BCUT2D eigenvalue weighted by molar-refractivity contribution is -0.136. The number of benzene rings is 2. The molecule has 3 aromatic rings. The first-order valence-corrected chi connectivity index (χ1v) is 10.5. The maximum absolute atomic E-state index is 13.5. The van der Waals surface area contributed by atoms with E-state index < -0.39 is 0 Å². The molecule has 156 valence electrons. The SMILES string of the molecule is CC(C)C(=O)N1CCn2c(nc(-c3ccc(F)cc3)c2Nc2ccc(Cl)c(Cl)c2)C1. The van der Waals surface area contributed by atoms with Crippen LogP contribution in [0.5, 0.6) is 0 Å². The Kier molecular flexibility index (Phi) is 5.71. The lowest BCUT2D eigenvalue weighted by Gasteiger charge is -2.30. The number of anilines is 2. The van der Waals surface area contributed by atoms with E-state index in [2.05, 4.69) is 9.88 Å². The standard InChI is InChI=1S/C22H21Cl2FN4O/c1-13(2)22(30)28-9-10-29-19(12-28)27-20(14-3-5-15(25)6-4-14)21(29)26-16-7-8-17(23)18(24)11-16/h3-8,11,13,26H,9-10,12H2,1-2H3. The van der Waals surface area contributed by atoms with Gasteiger partial charge < -0.3 is 14.8 Å². The number of amides is 1. The number of imidazole rings is 1. The number of carbonyl (C=O) groups excluding carboxylic acids is 1. The third-order valence-corrected chi connectivity index (χ3v) is 5.82. The number of hydrogen-bond donors (Lipinski definition) is 1. The van der Waals surface area contributed by atoms with Gasteiger partial charge in [-0.15, -0.1) is 0 Å². The van der Waals surface area contributed by atoms with E-state index in [9.17, 15) is 9.18 Å². The summed E-state index contributed by atoms with van der Waals surface area (Å²) in [5.74, 6) is 1.27. The smallest absolute Gasteiger partial charge is 0.225 e. The van der Waals surface area contributed by atoms with Crippen molar-refractivity contribution in [1.29, 1.82) is 0 Å². The van der Waals surface area contributed by atoms with Crippen LogP contribution in [0.2, 0.25) is 10.0 Å². The Balaban J connectivity index is 1.76. The Morgan fingerprint density at radius 2 is 1.83 bits per heavy atom. The number of halogens is 3. The molecule has 0 atom stereocenters. The molecule has 0 spiro atoms. The predicted octanol–water partition coefficient (Wildman–Crippen LogP) is 5.74. The second-order valence-corrected chi connectivity index (χ2v) is 8.37. The molecule has 30 heavy (non-hydrogen) atoms. The van der Waals surface area contributed by atoms with Gasteiger partial charge in [0.05, 0.1) is 16.6 Å². The number of nitrogens with zero attached hydrogens (tertiary/aromatic N) is 3. The van der Waals surface area contributed by atoms with Crippen LogP contribution < -0.4 is 5.32 Å². The van der Waals surface area contributed by atoms with Gasteiger partial charge in [-0.05, 0) is 42.5 Å². The fraction of sp³-hybridized carbons (Fsp3) is 0.273. The number of fused-ring (bicyclic) bond motifs is 1. The maximum Gasteiger partial charge on any atom is 0.225 e. The van der Waals surface area contributed by atoms with Gasteiger partial charge in [0.15, 0.2) is 0 Å². The molecule has 1 amide bonds. The van der Waals surface area contributed by atoms with Crippen LogP contribution in [0.1, 0.15) is 19.7 Å². The fourth-order valence-electron chi connectivity index (χ4n) is 3.53. The van der Waals surface area contributed by atoms with Gasteiger partial charge in [0.25, 0.3) is 0 Å². The molecular formula is C22H21Cl2FN4O. The molecule has 0 radical (unpaired) electrons. The molecule has 0 unspecified atom stereocenters. The Labute approximate surface area is 184 Å². The molecule has 0 aliphatic carbocycles. The van der Waals surface area contributed by atoms with Crippen LogP contribution in [0, 0.1) is 11.7 Å². The van der Waals surface area contributed by atoms with Crippen molar-refractivity contribution in [3.8, 4) is 11.3 Å². The van der Waals surface area contributed by atoms with E-state index in [4.69, 9.17) is 28.2 Å². The topological polar surface area (TPSA) is 50.2 Å². The van der Waals surface area contributed by atoms with Crippen molar-refractivity contribution in [2.45, 2.75) is 26.9 Å². The quantitative estimate of drug-likeness (QED) is 0.555. The normalized spacial score (nSPS) is 13.5. The molecule has 0 saturated carbocycles. The summed E-state index contributed by atoms with van der Waals surface area (Å²) in [5, 5.41) is 4.30. The summed E-state index contributed by atoms with van der Waals surface area (Å²) in [5.41, 5.74) is 2.23. The molecule has 0 saturated heterocycles. The molecule has 2 aromatic carbocycles. The Bertz CT molecular complexity index is 1100. The van der Waals surface area contributed by atoms with Gasteiger partial charge in [0, 0.05) is 30.3 Å². The van der Waals surface area contributed by atoms with Gasteiger partial charge in [0.2, 0.25) is 5.91 Å². The minimum absolute atomic E-state index is 0.0723. The van der Waals surface area contributed by atoms with Gasteiger partial charge in [0.1, 0.15) is 23.2 Å². The van der Waals surface area contributed by atoms with Crippen LogP contribution in [0.15, 0.2) is 42.5 Å². The lowest BCUT2D eigenvalue weighted by Crippen LogP contribution is -2.40. The second-order valence-electron chi connectivity index (χ2n) is 7.55. The number of hydrogen-bond acceptors (Lipinski definition) is 3. The van der Waals surface area contributed by atoms with Crippen molar-refractivity contribution in [2.75, 3.05) is 11.9 Å². The molecule has 1 aliphatic heterocycles. The number of carbonyl (C=O) groups is 1. The maximum atomic E-state index is 13.5. The van der Waals surface area contributed by atoms with E-state index in [1.165, 1.54) is 12.1 Å². The summed E-state index contributed by atoms with van der Waals surface area (Å²) in [4.78, 5) is 19.1. The largest absolute Gasteiger partial charge is 0.340 e. The van der Waals surface area contributed by atoms with Crippen molar-refractivity contribution in [1.82, 2.24) is 14.5 Å². The number of rotatable bonds is 4. The molecule has 0 fully saturated rings. The van der Waals surface area contributed by atoms with Crippen LogP contribution >= 0.6 is 23.2 Å². The average Bonchev–Trinajstić information content (AvgIpc) is 3.08. The summed E-state index contributed by atoms with van der Waals surface area (Å²) >= 11 is 12.2. The monoisotopic (exact) mass is 446 g/mol. The van der Waals surface area contributed by atoms with E-state index in [1.54, 1.807) is 24.3 Å². The highest BCUT2D eigenvalue weighted by atomic mass is 35.5. The average molecular weight is 447 g/mol. The van der Waals surface area contributed by atoms with Crippen LogP contribution in [0.25, 0.3) is 11.3 Å². The van der Waals surface area contributed by atoms with Crippen LogP contribution in [-0.4, -0.2) is 26.9 Å². The van der Waals surface area contributed by atoms with E-state index in [1.807, 2.05) is 24.8 Å². The summed E-state index contributed by atoms with van der Waals surface area (Å²) in [7, 11) is 0. The molecule has 4 rings (SSSR count). The van der Waals surface area contributed by atoms with Gasteiger partial charge in [-0.3, -0.25) is 4.79 Å². The molecule has 0 bridgehead atoms. The van der Waals surface area contributed by atoms with Crippen LogP contribution in [0.4, 0.5) is 15.9 Å². The highest BCUT2D eigenvalue weighted by Gasteiger charge is 2.28. The molecule has 1 aromatic heterocycles. The van der Waals surface area contributed by atoms with Crippen molar-refractivity contribution >= 4 is 40.6 Å². The van der Waals surface area contributed by atoms with Crippen molar-refractivity contribution in [3.05, 3.63) is 64.2 Å². The molecule has 5 nitrogen and oxygen atoms in total. The minimum atomic E-state index is -0.310. The third-order valence-electron chi connectivity index (χ3n) is 5.08. The van der Waals surface area contributed by atoms with E-state index in [0.717, 1.165) is 22.9 Å². The Hall–Kier alpha value is -2.57. The fourth-order valence-corrected chi connectivity index (χ4v) is 3.83. The minimum Gasteiger partial charge on any atom is -0.340 e. The molecule has 1 N–H and O–H groups in total. The molecule has 8 heteroatoms. The predicted molar refractivity (Wildman–Crippen MR) is 118 cm³/mol. The van der Waals surface area contributed by atoms with Crippen LogP contribution in [-0.2, 0) is 17.9 Å². The van der Waals surface area contributed by atoms with Crippen molar-refractivity contribution in [3.63, 3.8) is 0 Å².